The second kappa shape index (κ2) is 4.00. The number of ether oxygens (including phenoxy) is 1. The highest BCUT2D eigenvalue weighted by molar-refractivity contribution is 6.29. The van der Waals surface area contributed by atoms with Crippen molar-refractivity contribution in [3.63, 3.8) is 0 Å². The van der Waals surface area contributed by atoms with Crippen molar-refractivity contribution in [2.24, 2.45) is 0 Å². The van der Waals surface area contributed by atoms with Crippen LogP contribution in [0.3, 0.4) is 0 Å². The standard InChI is InChI=1S/C7H6ClF3N2O/c1-4(7(9,10)11)14-6-3-2-5(8)12-13-6/h2-4H,1H3. The predicted octanol–water partition coefficient (Wildman–Crippen LogP) is 2.46. The first-order valence-corrected chi connectivity index (χ1v) is 4.00. The quantitative estimate of drug-likeness (QED) is 0.777. The van der Waals surface area contributed by atoms with Gasteiger partial charge in [0.25, 0.3) is 0 Å². The van der Waals surface area contributed by atoms with Gasteiger partial charge in [-0.25, -0.2) is 0 Å². The average Bonchev–Trinajstić information content (AvgIpc) is 2.07. The Labute approximate surface area is 82.8 Å². The van der Waals surface area contributed by atoms with Crippen molar-refractivity contribution in [3.8, 4) is 5.88 Å². The van der Waals surface area contributed by atoms with Gasteiger partial charge in [-0.1, -0.05) is 11.6 Å². The van der Waals surface area contributed by atoms with E-state index >= 15 is 0 Å². The summed E-state index contributed by atoms with van der Waals surface area (Å²) in [6, 6.07) is 2.52. The molecule has 1 aromatic heterocycles. The Morgan fingerprint density at radius 1 is 1.36 bits per heavy atom. The molecule has 14 heavy (non-hydrogen) atoms. The topological polar surface area (TPSA) is 35.0 Å². The van der Waals surface area contributed by atoms with Crippen LogP contribution in [0.5, 0.6) is 5.88 Å². The van der Waals surface area contributed by atoms with Gasteiger partial charge in [-0.2, -0.15) is 13.2 Å². The molecule has 1 atom stereocenters. The Morgan fingerprint density at radius 3 is 2.43 bits per heavy atom. The number of aromatic nitrogens is 2. The molecule has 0 radical (unpaired) electrons. The molecule has 0 spiro atoms. The van der Waals surface area contributed by atoms with Crippen LogP contribution in [0.4, 0.5) is 13.2 Å². The maximum Gasteiger partial charge on any atom is 0.425 e. The zero-order valence-electron chi connectivity index (χ0n) is 7.05. The van der Waals surface area contributed by atoms with Crippen LogP contribution in [0.1, 0.15) is 6.92 Å². The first-order valence-electron chi connectivity index (χ1n) is 3.62. The van der Waals surface area contributed by atoms with Gasteiger partial charge in [-0.3, -0.25) is 0 Å². The lowest BCUT2D eigenvalue weighted by atomic mass is 10.4. The van der Waals surface area contributed by atoms with E-state index in [1.54, 1.807) is 0 Å². The maximum atomic E-state index is 12.0. The van der Waals surface area contributed by atoms with Crippen LogP contribution in [0.25, 0.3) is 0 Å². The number of halogens is 4. The van der Waals surface area contributed by atoms with E-state index in [0.717, 1.165) is 6.92 Å². The lowest BCUT2D eigenvalue weighted by Crippen LogP contribution is -2.31. The SMILES string of the molecule is CC(Oc1ccc(Cl)nn1)C(F)(F)F. The minimum Gasteiger partial charge on any atom is -0.464 e. The number of hydrogen-bond donors (Lipinski definition) is 0. The fraction of sp³-hybridized carbons (Fsp3) is 0.429. The molecule has 0 saturated carbocycles. The lowest BCUT2D eigenvalue weighted by Gasteiger charge is -2.16. The second-order valence-corrected chi connectivity index (χ2v) is 2.88. The Morgan fingerprint density at radius 2 is 2.00 bits per heavy atom. The molecule has 3 nitrogen and oxygen atoms in total. The number of nitrogens with zero attached hydrogens (tertiary/aromatic N) is 2. The smallest absolute Gasteiger partial charge is 0.425 e. The van der Waals surface area contributed by atoms with Gasteiger partial charge in [0.2, 0.25) is 5.88 Å². The molecule has 7 heteroatoms. The second-order valence-electron chi connectivity index (χ2n) is 2.50. The van der Waals surface area contributed by atoms with E-state index < -0.39 is 12.3 Å². The van der Waals surface area contributed by atoms with Crippen LogP contribution in [-0.2, 0) is 0 Å². The van der Waals surface area contributed by atoms with Crippen LogP contribution >= 0.6 is 11.6 Å². The number of hydrogen-bond acceptors (Lipinski definition) is 3. The summed E-state index contributed by atoms with van der Waals surface area (Å²) in [5.74, 6) is -0.209. The van der Waals surface area contributed by atoms with Crippen molar-refractivity contribution in [1.29, 1.82) is 0 Å². The average molecular weight is 227 g/mol. The minimum atomic E-state index is -4.42. The predicted molar refractivity (Wildman–Crippen MR) is 43.2 cm³/mol. The number of alkyl halides is 3. The van der Waals surface area contributed by atoms with E-state index in [1.807, 2.05) is 0 Å². The third-order valence-corrected chi connectivity index (χ3v) is 1.57. The van der Waals surface area contributed by atoms with Gasteiger partial charge >= 0.3 is 6.18 Å². The Kier molecular flexibility index (Phi) is 3.15. The molecule has 0 amide bonds. The van der Waals surface area contributed by atoms with Gasteiger partial charge in [-0.05, 0) is 13.0 Å². The number of rotatable bonds is 2. The van der Waals surface area contributed by atoms with Crippen molar-refractivity contribution in [2.75, 3.05) is 0 Å². The van der Waals surface area contributed by atoms with Gasteiger partial charge in [0, 0.05) is 6.07 Å². The molecular formula is C7H6ClF3N2O. The highest BCUT2D eigenvalue weighted by atomic mass is 35.5. The first kappa shape index (κ1) is 11.0. The zero-order valence-corrected chi connectivity index (χ0v) is 7.80. The first-order chi connectivity index (χ1) is 6.39. The summed E-state index contributed by atoms with van der Waals surface area (Å²) in [5, 5.41) is 6.76. The molecule has 1 heterocycles. The van der Waals surface area contributed by atoms with Crippen LogP contribution in [0, 0.1) is 0 Å². The molecular weight excluding hydrogens is 221 g/mol. The summed E-state index contributed by atoms with van der Waals surface area (Å²) >= 11 is 5.39. The van der Waals surface area contributed by atoms with E-state index in [4.69, 9.17) is 11.6 Å². The van der Waals surface area contributed by atoms with Crippen molar-refractivity contribution < 1.29 is 17.9 Å². The molecule has 1 unspecified atom stereocenters. The Hall–Kier alpha value is -1.04. The van der Waals surface area contributed by atoms with E-state index in [9.17, 15) is 13.2 Å². The van der Waals surface area contributed by atoms with Crippen molar-refractivity contribution in [2.45, 2.75) is 19.2 Å². The molecule has 0 aliphatic carbocycles. The monoisotopic (exact) mass is 226 g/mol. The lowest BCUT2D eigenvalue weighted by molar-refractivity contribution is -0.190. The Bertz CT molecular complexity index is 301. The third kappa shape index (κ3) is 3.02. The minimum absolute atomic E-state index is 0.0945. The third-order valence-electron chi connectivity index (χ3n) is 1.37. The van der Waals surface area contributed by atoms with Gasteiger partial charge in [0.1, 0.15) is 0 Å². The molecule has 0 aliphatic heterocycles. The van der Waals surface area contributed by atoms with E-state index in [-0.39, 0.29) is 11.0 Å². The molecule has 0 N–H and O–H groups in total. The molecule has 0 saturated heterocycles. The largest absolute Gasteiger partial charge is 0.464 e. The fourth-order valence-electron chi connectivity index (χ4n) is 0.615. The summed E-state index contributed by atoms with van der Waals surface area (Å²) in [6.45, 7) is 0.885. The van der Waals surface area contributed by atoms with Crippen LogP contribution in [0.2, 0.25) is 5.15 Å². The van der Waals surface area contributed by atoms with Crippen molar-refractivity contribution in [3.05, 3.63) is 17.3 Å². The summed E-state index contributed by atoms with van der Waals surface area (Å²) in [5.41, 5.74) is 0. The molecule has 1 aromatic rings. The van der Waals surface area contributed by atoms with Crippen LogP contribution in [-0.4, -0.2) is 22.5 Å². The van der Waals surface area contributed by atoms with Gasteiger partial charge < -0.3 is 4.74 Å². The van der Waals surface area contributed by atoms with E-state index in [1.165, 1.54) is 12.1 Å². The molecule has 0 aliphatic rings. The van der Waals surface area contributed by atoms with E-state index in [0.29, 0.717) is 0 Å². The molecule has 78 valence electrons. The molecule has 0 fully saturated rings. The zero-order chi connectivity index (χ0) is 10.8. The van der Waals surface area contributed by atoms with E-state index in [2.05, 4.69) is 14.9 Å². The van der Waals surface area contributed by atoms with Crippen LogP contribution < -0.4 is 4.74 Å². The van der Waals surface area contributed by atoms with Gasteiger partial charge in [-0.15, -0.1) is 10.2 Å². The maximum absolute atomic E-state index is 12.0. The molecule has 1 rings (SSSR count). The molecule has 0 bridgehead atoms. The van der Waals surface area contributed by atoms with Crippen LogP contribution in [0.15, 0.2) is 12.1 Å². The normalized spacial score (nSPS) is 13.8. The Balaban J connectivity index is 2.65. The highest BCUT2D eigenvalue weighted by Crippen LogP contribution is 2.23. The summed E-state index contributed by atoms with van der Waals surface area (Å²) < 4.78 is 40.5. The van der Waals surface area contributed by atoms with Gasteiger partial charge in [0.05, 0.1) is 0 Å². The highest BCUT2D eigenvalue weighted by Gasteiger charge is 2.38. The summed E-state index contributed by atoms with van der Waals surface area (Å²) in [6.07, 6.45) is -6.33. The van der Waals surface area contributed by atoms with Crippen molar-refractivity contribution in [1.82, 2.24) is 10.2 Å². The van der Waals surface area contributed by atoms with Crippen molar-refractivity contribution >= 4 is 11.6 Å². The summed E-state index contributed by atoms with van der Waals surface area (Å²) in [7, 11) is 0. The molecule has 0 aromatic carbocycles. The fourth-order valence-corrected chi connectivity index (χ4v) is 0.715. The van der Waals surface area contributed by atoms with Gasteiger partial charge in [0.15, 0.2) is 11.3 Å². The summed E-state index contributed by atoms with van der Waals surface area (Å²) in [4.78, 5) is 0.